The lowest BCUT2D eigenvalue weighted by Gasteiger charge is -2.12. The predicted molar refractivity (Wildman–Crippen MR) is 57.3 cm³/mol. The monoisotopic (exact) mass is 193 g/mol. The van der Waals surface area contributed by atoms with Crippen molar-refractivity contribution in [1.82, 2.24) is 5.32 Å². The first-order chi connectivity index (χ1) is 6.58. The summed E-state index contributed by atoms with van der Waals surface area (Å²) in [5, 5.41) is 3.61. The lowest BCUT2D eigenvalue weighted by atomic mass is 10.1. The quantitative estimate of drug-likeness (QED) is 0.798. The van der Waals surface area contributed by atoms with Crippen LogP contribution in [-0.4, -0.2) is 6.04 Å². The molecule has 1 heterocycles. The van der Waals surface area contributed by atoms with Crippen molar-refractivity contribution in [2.75, 3.05) is 0 Å². The SMILES string of the molecule is Cc1cc(C(C)NC2CC2C)c(C)o1. The van der Waals surface area contributed by atoms with Gasteiger partial charge in [-0.05, 0) is 39.2 Å². The summed E-state index contributed by atoms with van der Waals surface area (Å²) >= 11 is 0. The first-order valence-corrected chi connectivity index (χ1v) is 5.41. The van der Waals surface area contributed by atoms with Gasteiger partial charge in [-0.25, -0.2) is 0 Å². The van der Waals surface area contributed by atoms with E-state index in [1.807, 2.05) is 13.8 Å². The van der Waals surface area contributed by atoms with E-state index in [2.05, 4.69) is 25.2 Å². The fourth-order valence-corrected chi connectivity index (χ4v) is 2.05. The molecule has 0 aromatic carbocycles. The zero-order valence-corrected chi connectivity index (χ0v) is 9.42. The van der Waals surface area contributed by atoms with Gasteiger partial charge in [-0.3, -0.25) is 0 Å². The molecule has 1 fully saturated rings. The van der Waals surface area contributed by atoms with Gasteiger partial charge in [0.2, 0.25) is 0 Å². The minimum absolute atomic E-state index is 0.419. The van der Waals surface area contributed by atoms with Gasteiger partial charge in [-0.1, -0.05) is 6.92 Å². The van der Waals surface area contributed by atoms with Crippen LogP contribution >= 0.6 is 0 Å². The van der Waals surface area contributed by atoms with Crippen molar-refractivity contribution in [3.8, 4) is 0 Å². The van der Waals surface area contributed by atoms with Crippen LogP contribution in [0.25, 0.3) is 0 Å². The molecule has 2 rings (SSSR count). The molecule has 14 heavy (non-hydrogen) atoms. The Labute approximate surface area is 85.7 Å². The van der Waals surface area contributed by atoms with Crippen molar-refractivity contribution in [2.24, 2.45) is 5.92 Å². The standard InChI is InChI=1S/C12H19NO/c1-7-5-12(7)13-9(3)11-6-8(2)14-10(11)4/h6-7,9,12-13H,5H2,1-4H3. The van der Waals surface area contributed by atoms with Gasteiger partial charge >= 0.3 is 0 Å². The van der Waals surface area contributed by atoms with Crippen LogP contribution in [0.1, 0.15) is 43.4 Å². The maximum absolute atomic E-state index is 5.52. The van der Waals surface area contributed by atoms with Crippen molar-refractivity contribution in [1.29, 1.82) is 0 Å². The summed E-state index contributed by atoms with van der Waals surface area (Å²) in [7, 11) is 0. The first kappa shape index (κ1) is 9.78. The van der Waals surface area contributed by atoms with Gasteiger partial charge in [0, 0.05) is 17.6 Å². The van der Waals surface area contributed by atoms with Gasteiger partial charge in [0.05, 0.1) is 0 Å². The van der Waals surface area contributed by atoms with Crippen LogP contribution in [0.3, 0.4) is 0 Å². The van der Waals surface area contributed by atoms with Crippen LogP contribution in [0.2, 0.25) is 0 Å². The molecule has 3 unspecified atom stereocenters. The molecule has 1 aliphatic carbocycles. The summed E-state index contributed by atoms with van der Waals surface area (Å²) in [5.74, 6) is 2.91. The third-order valence-corrected chi connectivity index (χ3v) is 3.12. The molecule has 0 aliphatic heterocycles. The Hall–Kier alpha value is -0.760. The van der Waals surface area contributed by atoms with Crippen LogP contribution in [0.15, 0.2) is 10.5 Å². The minimum atomic E-state index is 0.419. The predicted octanol–water partition coefficient (Wildman–Crippen LogP) is 2.96. The topological polar surface area (TPSA) is 25.2 Å². The summed E-state index contributed by atoms with van der Waals surface area (Å²) in [6, 6.07) is 3.28. The largest absolute Gasteiger partial charge is 0.466 e. The Morgan fingerprint density at radius 3 is 2.57 bits per heavy atom. The molecule has 0 bridgehead atoms. The van der Waals surface area contributed by atoms with Crippen LogP contribution < -0.4 is 5.32 Å². The second kappa shape index (κ2) is 3.43. The Kier molecular flexibility index (Phi) is 2.40. The highest BCUT2D eigenvalue weighted by atomic mass is 16.3. The molecule has 2 nitrogen and oxygen atoms in total. The molecule has 78 valence electrons. The van der Waals surface area contributed by atoms with E-state index in [9.17, 15) is 0 Å². The van der Waals surface area contributed by atoms with Gasteiger partial charge in [0.15, 0.2) is 0 Å². The van der Waals surface area contributed by atoms with Crippen LogP contribution in [0, 0.1) is 19.8 Å². The summed E-state index contributed by atoms with van der Waals surface area (Å²) in [5.41, 5.74) is 1.31. The highest BCUT2D eigenvalue weighted by Gasteiger charge is 2.33. The fourth-order valence-electron chi connectivity index (χ4n) is 2.05. The second-order valence-corrected chi connectivity index (χ2v) is 4.58. The van der Waals surface area contributed by atoms with Crippen LogP contribution in [0.5, 0.6) is 0 Å². The molecular weight excluding hydrogens is 174 g/mol. The van der Waals surface area contributed by atoms with E-state index < -0.39 is 0 Å². The first-order valence-electron chi connectivity index (χ1n) is 5.41. The van der Waals surface area contributed by atoms with E-state index in [4.69, 9.17) is 4.42 Å². The van der Waals surface area contributed by atoms with Crippen molar-refractivity contribution >= 4 is 0 Å². The normalized spacial score (nSPS) is 27.7. The molecule has 3 atom stereocenters. The summed E-state index contributed by atoms with van der Waals surface area (Å²) in [6.07, 6.45) is 1.32. The third-order valence-electron chi connectivity index (χ3n) is 3.12. The molecule has 1 N–H and O–H groups in total. The Balaban J connectivity index is 2.03. The number of hydrogen-bond acceptors (Lipinski definition) is 2. The van der Waals surface area contributed by atoms with Crippen molar-refractivity contribution in [2.45, 2.75) is 46.2 Å². The van der Waals surface area contributed by atoms with E-state index in [0.29, 0.717) is 6.04 Å². The highest BCUT2D eigenvalue weighted by molar-refractivity contribution is 5.23. The lowest BCUT2D eigenvalue weighted by molar-refractivity contribution is 0.487. The maximum atomic E-state index is 5.52. The van der Waals surface area contributed by atoms with E-state index in [0.717, 1.165) is 23.5 Å². The number of aryl methyl sites for hydroxylation is 2. The number of hydrogen-bond donors (Lipinski definition) is 1. The minimum Gasteiger partial charge on any atom is -0.466 e. The van der Waals surface area contributed by atoms with Gasteiger partial charge in [-0.2, -0.15) is 0 Å². The van der Waals surface area contributed by atoms with Gasteiger partial charge in [-0.15, -0.1) is 0 Å². The zero-order valence-electron chi connectivity index (χ0n) is 9.42. The van der Waals surface area contributed by atoms with Gasteiger partial charge in [0.1, 0.15) is 11.5 Å². The highest BCUT2D eigenvalue weighted by Crippen LogP contribution is 2.32. The molecule has 1 aliphatic rings. The molecule has 0 spiro atoms. The second-order valence-electron chi connectivity index (χ2n) is 4.58. The zero-order chi connectivity index (χ0) is 10.3. The fraction of sp³-hybridized carbons (Fsp3) is 0.667. The van der Waals surface area contributed by atoms with E-state index >= 15 is 0 Å². The Bertz CT molecular complexity index is 329. The Morgan fingerprint density at radius 1 is 1.50 bits per heavy atom. The van der Waals surface area contributed by atoms with Gasteiger partial charge in [0.25, 0.3) is 0 Å². The smallest absolute Gasteiger partial charge is 0.105 e. The lowest BCUT2D eigenvalue weighted by Crippen LogP contribution is -2.22. The van der Waals surface area contributed by atoms with E-state index in [-0.39, 0.29) is 0 Å². The average molecular weight is 193 g/mol. The summed E-state index contributed by atoms with van der Waals surface area (Å²) < 4.78 is 5.52. The van der Waals surface area contributed by atoms with Crippen LogP contribution in [0.4, 0.5) is 0 Å². The van der Waals surface area contributed by atoms with Crippen molar-refractivity contribution in [3.63, 3.8) is 0 Å². The van der Waals surface area contributed by atoms with E-state index in [1.165, 1.54) is 12.0 Å². The van der Waals surface area contributed by atoms with E-state index in [1.54, 1.807) is 0 Å². The summed E-state index contributed by atoms with van der Waals surface area (Å²) in [6.45, 7) is 8.54. The molecule has 1 aromatic heterocycles. The molecule has 1 aromatic rings. The molecule has 2 heteroatoms. The molecular formula is C12H19NO. The molecule has 0 amide bonds. The van der Waals surface area contributed by atoms with Crippen LogP contribution in [-0.2, 0) is 0 Å². The number of rotatable bonds is 3. The Morgan fingerprint density at radius 2 is 2.14 bits per heavy atom. The number of nitrogens with one attached hydrogen (secondary N) is 1. The molecule has 0 saturated heterocycles. The maximum Gasteiger partial charge on any atom is 0.105 e. The van der Waals surface area contributed by atoms with Gasteiger partial charge < -0.3 is 9.73 Å². The average Bonchev–Trinajstić information content (AvgIpc) is 2.64. The molecule has 0 radical (unpaired) electrons. The summed E-state index contributed by atoms with van der Waals surface area (Å²) in [4.78, 5) is 0. The number of furan rings is 1. The molecule has 1 saturated carbocycles. The van der Waals surface area contributed by atoms with Crippen molar-refractivity contribution in [3.05, 3.63) is 23.2 Å². The van der Waals surface area contributed by atoms with Crippen molar-refractivity contribution < 1.29 is 4.42 Å². The third kappa shape index (κ3) is 1.85.